The zero-order valence-electron chi connectivity index (χ0n) is 13.9. The number of carboxylic acids is 1. The number of amides is 1. The molecule has 25 heavy (non-hydrogen) atoms. The third-order valence-electron chi connectivity index (χ3n) is 5.12. The van der Waals surface area contributed by atoms with Gasteiger partial charge in [-0.3, -0.25) is 9.59 Å². The molecule has 7 heteroatoms. The van der Waals surface area contributed by atoms with Crippen molar-refractivity contribution < 1.29 is 19.4 Å². The third kappa shape index (κ3) is 2.59. The lowest BCUT2D eigenvalue weighted by Crippen LogP contribution is -2.36. The van der Waals surface area contributed by atoms with Gasteiger partial charge in [-0.15, -0.1) is 11.3 Å². The first kappa shape index (κ1) is 16.1. The number of carbonyl (C=O) groups excluding carboxylic acids is 1. The average molecular weight is 358 g/mol. The number of ether oxygens (including phenoxy) is 1. The summed E-state index contributed by atoms with van der Waals surface area (Å²) >= 11 is 1.54. The minimum atomic E-state index is -0.905. The minimum absolute atomic E-state index is 0.00789. The number of allylic oxidation sites excluding steroid dienone is 2. The summed E-state index contributed by atoms with van der Waals surface area (Å²) in [5.74, 6) is -1.90. The van der Waals surface area contributed by atoms with Gasteiger partial charge in [0.25, 0.3) is 0 Å². The molecule has 0 aliphatic heterocycles. The Balaban J connectivity index is 1.65. The lowest BCUT2D eigenvalue weighted by atomic mass is 9.82. The number of thiazole rings is 1. The number of methoxy groups -OCH3 is 1. The summed E-state index contributed by atoms with van der Waals surface area (Å²) in [6, 6.07) is 3.64. The van der Waals surface area contributed by atoms with Gasteiger partial charge in [0.05, 0.1) is 39.9 Å². The van der Waals surface area contributed by atoms with E-state index in [-0.39, 0.29) is 17.7 Å². The quantitative estimate of drug-likeness (QED) is 0.820. The van der Waals surface area contributed by atoms with Crippen molar-refractivity contribution in [1.82, 2.24) is 4.98 Å². The van der Waals surface area contributed by atoms with Crippen molar-refractivity contribution in [3.8, 4) is 5.75 Å². The normalized spacial score (nSPS) is 27.0. The van der Waals surface area contributed by atoms with E-state index in [2.05, 4.69) is 10.3 Å². The molecule has 1 aromatic heterocycles. The largest absolute Gasteiger partial charge is 0.494 e. The van der Waals surface area contributed by atoms with Gasteiger partial charge in [0.2, 0.25) is 5.91 Å². The van der Waals surface area contributed by atoms with Crippen LogP contribution in [0.25, 0.3) is 10.2 Å². The van der Waals surface area contributed by atoms with Gasteiger partial charge in [-0.2, -0.15) is 0 Å². The van der Waals surface area contributed by atoms with Gasteiger partial charge < -0.3 is 15.2 Å². The second-order valence-electron chi connectivity index (χ2n) is 6.58. The highest BCUT2D eigenvalue weighted by atomic mass is 32.1. The van der Waals surface area contributed by atoms with Crippen LogP contribution in [0.15, 0.2) is 24.3 Å². The van der Waals surface area contributed by atoms with E-state index in [9.17, 15) is 14.7 Å². The Morgan fingerprint density at radius 1 is 1.28 bits per heavy atom. The minimum Gasteiger partial charge on any atom is -0.494 e. The Bertz CT molecular complexity index is 904. The number of carbonyl (C=O) groups is 2. The van der Waals surface area contributed by atoms with Gasteiger partial charge in [0.15, 0.2) is 0 Å². The summed E-state index contributed by atoms with van der Waals surface area (Å²) in [4.78, 5) is 28.9. The van der Waals surface area contributed by atoms with Gasteiger partial charge in [-0.05, 0) is 31.2 Å². The maximum absolute atomic E-state index is 12.9. The lowest BCUT2D eigenvalue weighted by molar-refractivity contribution is -0.146. The number of hydrogen-bond acceptors (Lipinski definition) is 5. The number of aryl methyl sites for hydroxylation is 1. The number of hydrogen-bond donors (Lipinski definition) is 2. The van der Waals surface area contributed by atoms with Crippen LogP contribution in [0, 0.1) is 30.6 Å². The first-order valence-electron chi connectivity index (χ1n) is 8.15. The molecule has 1 aromatic carbocycles. The van der Waals surface area contributed by atoms with Crippen LogP contribution in [0.2, 0.25) is 0 Å². The van der Waals surface area contributed by atoms with Crippen LogP contribution in [0.4, 0.5) is 5.69 Å². The predicted molar refractivity (Wildman–Crippen MR) is 94.9 cm³/mol. The molecule has 1 amide bonds. The number of benzene rings is 1. The second-order valence-corrected chi connectivity index (χ2v) is 7.82. The highest BCUT2D eigenvalue weighted by Gasteiger charge is 2.51. The number of anilines is 1. The molecule has 2 aliphatic carbocycles. The van der Waals surface area contributed by atoms with E-state index < -0.39 is 17.8 Å². The zero-order valence-corrected chi connectivity index (χ0v) is 14.7. The zero-order chi connectivity index (χ0) is 17.7. The Morgan fingerprint density at radius 2 is 2.00 bits per heavy atom. The van der Waals surface area contributed by atoms with Crippen LogP contribution in [0.1, 0.15) is 11.4 Å². The molecule has 0 unspecified atom stereocenters. The molecule has 130 valence electrons. The molecule has 1 fully saturated rings. The molecule has 6 nitrogen and oxygen atoms in total. The maximum Gasteiger partial charge on any atom is 0.307 e. The standard InChI is InChI=1S/C18H18N2O4S/c1-8-19-12-6-13(24-2)11(7-14(12)25-8)20-17(21)15-9-3-4-10(5-9)16(15)18(22)23/h3-4,6-7,9-10,15-16H,5H2,1-2H3,(H,20,21)(H,22,23)/t9-,10-,15+,16-/m0/s1. The van der Waals surface area contributed by atoms with Crippen LogP contribution in [-0.2, 0) is 9.59 Å². The Morgan fingerprint density at radius 3 is 2.68 bits per heavy atom. The Labute approximate surface area is 148 Å². The van der Waals surface area contributed by atoms with Crippen molar-refractivity contribution in [1.29, 1.82) is 0 Å². The topological polar surface area (TPSA) is 88.5 Å². The van der Waals surface area contributed by atoms with Crippen molar-refractivity contribution in [2.45, 2.75) is 13.3 Å². The van der Waals surface area contributed by atoms with Crippen molar-refractivity contribution in [2.75, 3.05) is 12.4 Å². The molecular weight excluding hydrogens is 340 g/mol. The maximum atomic E-state index is 12.9. The SMILES string of the molecule is COc1cc2nc(C)sc2cc1NC(=O)[C@H]1[C@@H](C(=O)O)[C@H]2C=C[C@H]1C2. The molecule has 2 aromatic rings. The fraction of sp³-hybridized carbons (Fsp3) is 0.389. The van der Waals surface area contributed by atoms with Crippen molar-refractivity contribution in [2.24, 2.45) is 23.7 Å². The Kier molecular flexibility index (Phi) is 3.76. The first-order valence-corrected chi connectivity index (χ1v) is 8.96. The molecule has 1 heterocycles. The highest BCUT2D eigenvalue weighted by Crippen LogP contribution is 2.48. The van der Waals surface area contributed by atoms with E-state index in [1.54, 1.807) is 6.07 Å². The van der Waals surface area contributed by atoms with E-state index in [1.807, 2.05) is 25.1 Å². The average Bonchev–Trinajstić information content (AvgIpc) is 3.26. The summed E-state index contributed by atoms with van der Waals surface area (Å²) in [6.45, 7) is 1.93. The van der Waals surface area contributed by atoms with E-state index in [1.165, 1.54) is 18.4 Å². The van der Waals surface area contributed by atoms with Crippen molar-refractivity contribution in [3.05, 3.63) is 29.3 Å². The number of fused-ring (bicyclic) bond motifs is 3. The number of rotatable bonds is 4. The molecule has 2 N–H and O–H groups in total. The monoisotopic (exact) mass is 358 g/mol. The summed E-state index contributed by atoms with van der Waals surface area (Å²) in [5.41, 5.74) is 1.38. The van der Waals surface area contributed by atoms with E-state index >= 15 is 0 Å². The van der Waals surface area contributed by atoms with Crippen molar-refractivity contribution >= 4 is 39.1 Å². The van der Waals surface area contributed by atoms with Gasteiger partial charge >= 0.3 is 5.97 Å². The summed E-state index contributed by atoms with van der Waals surface area (Å²) in [7, 11) is 1.54. The number of nitrogens with one attached hydrogen (secondary N) is 1. The summed E-state index contributed by atoms with van der Waals surface area (Å²) in [6.07, 6.45) is 4.64. The van der Waals surface area contributed by atoms with E-state index in [0.717, 1.165) is 21.6 Å². The molecule has 0 radical (unpaired) electrons. The molecule has 2 bridgehead atoms. The molecule has 2 aliphatic rings. The summed E-state index contributed by atoms with van der Waals surface area (Å²) in [5, 5.41) is 13.3. The fourth-order valence-electron chi connectivity index (χ4n) is 4.07. The second kappa shape index (κ2) is 5.84. The van der Waals surface area contributed by atoms with Crippen LogP contribution in [-0.4, -0.2) is 29.1 Å². The van der Waals surface area contributed by atoms with Gasteiger partial charge in [0, 0.05) is 6.07 Å². The molecular formula is C18H18N2O4S. The number of carboxylic acid groups (broad SMARTS) is 1. The Hall–Kier alpha value is -2.41. The highest BCUT2D eigenvalue weighted by molar-refractivity contribution is 7.18. The van der Waals surface area contributed by atoms with Gasteiger partial charge in [-0.1, -0.05) is 12.2 Å². The van der Waals surface area contributed by atoms with Crippen molar-refractivity contribution in [3.63, 3.8) is 0 Å². The molecule has 0 saturated heterocycles. The van der Waals surface area contributed by atoms with Crippen LogP contribution in [0.5, 0.6) is 5.75 Å². The fourth-order valence-corrected chi connectivity index (χ4v) is 4.92. The number of nitrogens with zero attached hydrogens (tertiary/aromatic N) is 1. The molecule has 4 rings (SSSR count). The number of aromatic nitrogens is 1. The van der Waals surface area contributed by atoms with Crippen LogP contribution < -0.4 is 10.1 Å². The number of aliphatic carboxylic acids is 1. The molecule has 1 saturated carbocycles. The molecule has 0 spiro atoms. The van der Waals surface area contributed by atoms with Crippen LogP contribution >= 0.6 is 11.3 Å². The lowest BCUT2D eigenvalue weighted by Gasteiger charge is -2.24. The first-order chi connectivity index (χ1) is 12.0. The van der Waals surface area contributed by atoms with Gasteiger partial charge in [-0.25, -0.2) is 4.98 Å². The van der Waals surface area contributed by atoms with E-state index in [0.29, 0.717) is 11.4 Å². The smallest absolute Gasteiger partial charge is 0.307 e. The van der Waals surface area contributed by atoms with Crippen LogP contribution in [0.3, 0.4) is 0 Å². The summed E-state index contributed by atoms with van der Waals surface area (Å²) < 4.78 is 6.34. The predicted octanol–water partition coefficient (Wildman–Crippen LogP) is 3.07. The van der Waals surface area contributed by atoms with Gasteiger partial charge in [0.1, 0.15) is 5.75 Å². The third-order valence-corrected chi connectivity index (χ3v) is 6.06. The molecule has 4 atom stereocenters. The van der Waals surface area contributed by atoms with E-state index in [4.69, 9.17) is 4.74 Å².